The van der Waals surface area contributed by atoms with Crippen LogP contribution in [0.5, 0.6) is 0 Å². The van der Waals surface area contributed by atoms with Crippen LogP contribution in [0.1, 0.15) is 25.8 Å². The monoisotopic (exact) mass is 249 g/mol. The molecule has 5 nitrogen and oxygen atoms in total. The Labute approximate surface area is 109 Å². The molecule has 1 aromatic rings. The molecular formula is C13H23N5. The van der Waals surface area contributed by atoms with Gasteiger partial charge < -0.3 is 10.2 Å². The molecule has 18 heavy (non-hydrogen) atoms. The second-order valence-electron chi connectivity index (χ2n) is 5.76. The number of hydrogen-bond donors (Lipinski definition) is 1. The Morgan fingerprint density at radius 3 is 2.83 bits per heavy atom. The third-order valence-electron chi connectivity index (χ3n) is 3.40. The summed E-state index contributed by atoms with van der Waals surface area (Å²) in [5.41, 5.74) is 1.57. The first kappa shape index (κ1) is 12.9. The number of likely N-dealkylation sites (tertiary alicyclic amines) is 1. The van der Waals surface area contributed by atoms with Gasteiger partial charge in [0.25, 0.3) is 0 Å². The summed E-state index contributed by atoms with van der Waals surface area (Å²) in [7, 11) is 3.78. The standard InChI is InChI=1S/C13H23N5/c1-13(2)5-6-18(10-13)12(14-3)15-7-11-8-16-17(4)9-11/h8-9H,5-7,10H2,1-4H3,(H,14,15). The van der Waals surface area contributed by atoms with Crippen LogP contribution in [0.3, 0.4) is 0 Å². The van der Waals surface area contributed by atoms with Crippen molar-refractivity contribution in [2.75, 3.05) is 20.1 Å². The van der Waals surface area contributed by atoms with Gasteiger partial charge in [-0.25, -0.2) is 0 Å². The summed E-state index contributed by atoms with van der Waals surface area (Å²) in [5.74, 6) is 0.990. The van der Waals surface area contributed by atoms with Crippen LogP contribution in [0.2, 0.25) is 0 Å². The van der Waals surface area contributed by atoms with Crippen molar-refractivity contribution in [3.8, 4) is 0 Å². The molecule has 0 unspecified atom stereocenters. The molecule has 2 rings (SSSR count). The summed E-state index contributed by atoms with van der Waals surface area (Å²) < 4.78 is 1.82. The fraction of sp³-hybridized carbons (Fsp3) is 0.692. The molecule has 1 N–H and O–H groups in total. The Morgan fingerprint density at radius 2 is 2.33 bits per heavy atom. The van der Waals surface area contributed by atoms with E-state index >= 15 is 0 Å². The predicted octanol–water partition coefficient (Wildman–Crippen LogP) is 1.23. The third kappa shape index (κ3) is 3.03. The van der Waals surface area contributed by atoms with Gasteiger partial charge in [-0.3, -0.25) is 9.67 Å². The van der Waals surface area contributed by atoms with Crippen LogP contribution in [-0.2, 0) is 13.6 Å². The van der Waals surface area contributed by atoms with Crippen molar-refractivity contribution in [1.82, 2.24) is 20.0 Å². The second-order valence-corrected chi connectivity index (χ2v) is 5.76. The minimum atomic E-state index is 0.395. The van der Waals surface area contributed by atoms with E-state index in [4.69, 9.17) is 0 Å². The highest BCUT2D eigenvalue weighted by Crippen LogP contribution is 2.28. The molecule has 0 atom stereocenters. The molecule has 1 aliphatic rings. The number of aryl methyl sites for hydroxylation is 1. The summed E-state index contributed by atoms with van der Waals surface area (Å²) in [5, 5.41) is 7.57. The topological polar surface area (TPSA) is 45.5 Å². The van der Waals surface area contributed by atoms with Crippen LogP contribution < -0.4 is 5.32 Å². The van der Waals surface area contributed by atoms with Crippen molar-refractivity contribution >= 4 is 5.96 Å². The second kappa shape index (κ2) is 5.00. The zero-order valence-corrected chi connectivity index (χ0v) is 11.8. The van der Waals surface area contributed by atoms with Gasteiger partial charge in [0.1, 0.15) is 0 Å². The number of aliphatic imine (C=N–C) groups is 1. The molecule has 0 bridgehead atoms. The normalized spacial score (nSPS) is 19.3. The SMILES string of the molecule is CN=C(NCc1cnn(C)c1)N1CCC(C)(C)C1. The van der Waals surface area contributed by atoms with Crippen LogP contribution >= 0.6 is 0 Å². The largest absolute Gasteiger partial charge is 0.352 e. The molecule has 2 heterocycles. The van der Waals surface area contributed by atoms with E-state index in [2.05, 4.69) is 34.2 Å². The van der Waals surface area contributed by atoms with E-state index < -0.39 is 0 Å². The summed E-state index contributed by atoms with van der Waals surface area (Å²) in [6.45, 7) is 7.54. The van der Waals surface area contributed by atoms with Gasteiger partial charge in [0.05, 0.1) is 6.20 Å². The highest BCUT2D eigenvalue weighted by molar-refractivity contribution is 5.80. The molecule has 0 radical (unpaired) electrons. The average Bonchev–Trinajstić information content (AvgIpc) is 2.86. The lowest BCUT2D eigenvalue weighted by Crippen LogP contribution is -2.40. The number of hydrogen-bond acceptors (Lipinski definition) is 2. The third-order valence-corrected chi connectivity index (χ3v) is 3.40. The Hall–Kier alpha value is -1.52. The van der Waals surface area contributed by atoms with Gasteiger partial charge in [-0.2, -0.15) is 5.10 Å². The van der Waals surface area contributed by atoms with Gasteiger partial charge in [-0.05, 0) is 11.8 Å². The van der Waals surface area contributed by atoms with Crippen molar-refractivity contribution in [3.05, 3.63) is 18.0 Å². The van der Waals surface area contributed by atoms with E-state index in [0.29, 0.717) is 5.41 Å². The molecule has 0 aliphatic carbocycles. The molecule has 0 aromatic carbocycles. The molecule has 1 fully saturated rings. The predicted molar refractivity (Wildman–Crippen MR) is 73.4 cm³/mol. The van der Waals surface area contributed by atoms with Crippen molar-refractivity contribution in [1.29, 1.82) is 0 Å². The zero-order chi connectivity index (χ0) is 13.2. The number of guanidine groups is 1. The molecule has 0 amide bonds. The van der Waals surface area contributed by atoms with Gasteiger partial charge in [0.2, 0.25) is 0 Å². The van der Waals surface area contributed by atoms with E-state index in [1.54, 1.807) is 0 Å². The van der Waals surface area contributed by atoms with E-state index in [1.807, 2.05) is 31.2 Å². The number of aromatic nitrogens is 2. The summed E-state index contributed by atoms with van der Waals surface area (Å²) in [6, 6.07) is 0. The molecule has 5 heteroatoms. The molecule has 0 saturated carbocycles. The Morgan fingerprint density at radius 1 is 1.56 bits per heavy atom. The lowest BCUT2D eigenvalue weighted by molar-refractivity contribution is 0.370. The van der Waals surface area contributed by atoms with Gasteiger partial charge in [0, 0.05) is 45.5 Å². The molecule has 100 valence electrons. The number of nitrogens with one attached hydrogen (secondary N) is 1. The van der Waals surface area contributed by atoms with Gasteiger partial charge >= 0.3 is 0 Å². The molecule has 0 spiro atoms. The highest BCUT2D eigenvalue weighted by Gasteiger charge is 2.30. The molecule has 1 aliphatic heterocycles. The Balaban J connectivity index is 1.91. The van der Waals surface area contributed by atoms with Crippen LogP contribution in [0.25, 0.3) is 0 Å². The maximum atomic E-state index is 4.36. The first-order valence-corrected chi connectivity index (χ1v) is 6.43. The summed E-state index contributed by atoms with van der Waals surface area (Å²) in [6.07, 6.45) is 5.13. The van der Waals surface area contributed by atoms with Crippen molar-refractivity contribution in [2.45, 2.75) is 26.8 Å². The first-order chi connectivity index (χ1) is 8.50. The quantitative estimate of drug-likeness (QED) is 0.633. The fourth-order valence-electron chi connectivity index (χ4n) is 2.37. The lowest BCUT2D eigenvalue weighted by atomic mass is 9.93. The molecule has 1 saturated heterocycles. The fourth-order valence-corrected chi connectivity index (χ4v) is 2.37. The van der Waals surface area contributed by atoms with Crippen LogP contribution in [0.15, 0.2) is 17.4 Å². The number of rotatable bonds is 2. The first-order valence-electron chi connectivity index (χ1n) is 6.43. The minimum absolute atomic E-state index is 0.395. The Bertz CT molecular complexity index is 432. The van der Waals surface area contributed by atoms with E-state index in [1.165, 1.54) is 12.0 Å². The van der Waals surface area contributed by atoms with Crippen LogP contribution in [-0.4, -0.2) is 40.8 Å². The molecule has 1 aromatic heterocycles. The van der Waals surface area contributed by atoms with Gasteiger partial charge in [-0.15, -0.1) is 0 Å². The zero-order valence-electron chi connectivity index (χ0n) is 11.8. The maximum absolute atomic E-state index is 4.36. The van der Waals surface area contributed by atoms with E-state index in [-0.39, 0.29) is 0 Å². The van der Waals surface area contributed by atoms with Crippen LogP contribution in [0, 0.1) is 5.41 Å². The van der Waals surface area contributed by atoms with Crippen molar-refractivity contribution in [2.24, 2.45) is 17.5 Å². The maximum Gasteiger partial charge on any atom is 0.193 e. The van der Waals surface area contributed by atoms with Crippen molar-refractivity contribution < 1.29 is 0 Å². The number of nitrogens with zero attached hydrogens (tertiary/aromatic N) is 4. The summed E-state index contributed by atoms with van der Waals surface area (Å²) >= 11 is 0. The lowest BCUT2D eigenvalue weighted by Gasteiger charge is -2.23. The Kier molecular flexibility index (Phi) is 3.59. The highest BCUT2D eigenvalue weighted by atomic mass is 15.3. The van der Waals surface area contributed by atoms with E-state index in [9.17, 15) is 0 Å². The van der Waals surface area contributed by atoms with E-state index in [0.717, 1.165) is 25.6 Å². The smallest absolute Gasteiger partial charge is 0.193 e. The van der Waals surface area contributed by atoms with Crippen LogP contribution in [0.4, 0.5) is 0 Å². The summed E-state index contributed by atoms with van der Waals surface area (Å²) in [4.78, 5) is 6.69. The van der Waals surface area contributed by atoms with Gasteiger partial charge in [-0.1, -0.05) is 13.8 Å². The van der Waals surface area contributed by atoms with Crippen molar-refractivity contribution in [3.63, 3.8) is 0 Å². The average molecular weight is 249 g/mol. The van der Waals surface area contributed by atoms with Gasteiger partial charge in [0.15, 0.2) is 5.96 Å². The molecular weight excluding hydrogens is 226 g/mol. The minimum Gasteiger partial charge on any atom is -0.352 e.